The van der Waals surface area contributed by atoms with Crippen LogP contribution >= 0.6 is 0 Å². The molecule has 0 aliphatic heterocycles. The van der Waals surface area contributed by atoms with Crippen molar-refractivity contribution in [3.8, 4) is 11.3 Å². The molecule has 2 aromatic heterocycles. The van der Waals surface area contributed by atoms with Gasteiger partial charge in [0.25, 0.3) is 0 Å². The molecule has 0 aliphatic carbocycles. The number of halogens is 2. The zero-order valence-corrected chi connectivity index (χ0v) is 7.48. The van der Waals surface area contributed by atoms with Gasteiger partial charge >= 0.3 is 0 Å². The molecule has 0 saturated heterocycles. The predicted octanol–water partition coefficient (Wildman–Crippen LogP) is 1.40. The summed E-state index contributed by atoms with van der Waals surface area (Å²) in [6, 6.07) is 1.12. The Balaban J connectivity index is 2.58. The second kappa shape index (κ2) is 3.56. The average Bonchev–Trinajstić information content (AvgIpc) is 2.22. The molecular formula is C9H6F2N4. The first-order valence-corrected chi connectivity index (χ1v) is 4.06. The highest BCUT2D eigenvalue weighted by atomic mass is 19.1. The molecule has 0 aromatic carbocycles. The third-order valence-electron chi connectivity index (χ3n) is 1.74. The van der Waals surface area contributed by atoms with Gasteiger partial charge in [0.15, 0.2) is 5.82 Å². The molecule has 2 heterocycles. The van der Waals surface area contributed by atoms with Crippen molar-refractivity contribution in [1.82, 2.24) is 15.0 Å². The lowest BCUT2D eigenvalue weighted by Crippen LogP contribution is -1.99. The van der Waals surface area contributed by atoms with Crippen molar-refractivity contribution < 1.29 is 8.78 Å². The number of hydrogen-bond donors (Lipinski definition) is 1. The Bertz CT molecular complexity index is 501. The molecule has 76 valence electrons. The average molecular weight is 208 g/mol. The van der Waals surface area contributed by atoms with Gasteiger partial charge in [-0.1, -0.05) is 0 Å². The van der Waals surface area contributed by atoms with Gasteiger partial charge in [0.2, 0.25) is 5.95 Å². The first-order chi connectivity index (χ1) is 7.16. The third-order valence-corrected chi connectivity index (χ3v) is 1.74. The minimum Gasteiger partial charge on any atom is -0.368 e. The van der Waals surface area contributed by atoms with E-state index in [0.29, 0.717) is 0 Å². The first-order valence-electron chi connectivity index (χ1n) is 4.06. The summed E-state index contributed by atoms with van der Waals surface area (Å²) in [6.07, 6.45) is 3.25. The number of hydrogen-bond acceptors (Lipinski definition) is 4. The van der Waals surface area contributed by atoms with Crippen LogP contribution in [0.5, 0.6) is 0 Å². The molecular weight excluding hydrogens is 202 g/mol. The normalized spacial score (nSPS) is 10.3. The second-order valence-electron chi connectivity index (χ2n) is 2.82. The molecule has 0 amide bonds. The maximum absolute atomic E-state index is 13.3. The van der Waals surface area contributed by atoms with Crippen LogP contribution in [0.25, 0.3) is 11.3 Å². The van der Waals surface area contributed by atoms with E-state index in [1.54, 1.807) is 0 Å². The lowest BCUT2D eigenvalue weighted by Gasteiger charge is -2.02. The van der Waals surface area contributed by atoms with Gasteiger partial charge in [0.05, 0.1) is 12.4 Å². The van der Waals surface area contributed by atoms with Crippen LogP contribution in [0.1, 0.15) is 0 Å². The first kappa shape index (κ1) is 9.45. The molecule has 0 atom stereocenters. The van der Waals surface area contributed by atoms with Crippen molar-refractivity contribution in [2.45, 2.75) is 0 Å². The summed E-state index contributed by atoms with van der Waals surface area (Å²) in [5, 5.41) is 0. The molecule has 0 spiro atoms. The summed E-state index contributed by atoms with van der Waals surface area (Å²) in [4.78, 5) is 10.7. The monoisotopic (exact) mass is 208 g/mol. The van der Waals surface area contributed by atoms with Crippen LogP contribution in [0.3, 0.4) is 0 Å². The number of anilines is 1. The molecule has 2 N–H and O–H groups in total. The van der Waals surface area contributed by atoms with Crippen LogP contribution in [0.4, 0.5) is 14.7 Å². The predicted molar refractivity (Wildman–Crippen MR) is 49.6 cm³/mol. The van der Waals surface area contributed by atoms with Gasteiger partial charge in [0, 0.05) is 11.8 Å². The van der Waals surface area contributed by atoms with E-state index in [2.05, 4.69) is 15.0 Å². The fraction of sp³-hybridized carbons (Fsp3) is 0. The van der Waals surface area contributed by atoms with Crippen molar-refractivity contribution in [2.24, 2.45) is 0 Å². The Morgan fingerprint density at radius 3 is 2.67 bits per heavy atom. The van der Waals surface area contributed by atoms with E-state index in [1.807, 2.05) is 0 Å². The SMILES string of the molecule is Nc1ncc(F)c(-c2cncc(F)c2)n1. The standard InChI is InChI=1S/C9H6F2N4/c10-6-1-5(2-13-3-6)8-7(11)4-14-9(12)15-8/h1-4H,(H2,12,14,15). The summed E-state index contributed by atoms with van der Waals surface area (Å²) < 4.78 is 26.1. The van der Waals surface area contributed by atoms with Gasteiger partial charge in [0.1, 0.15) is 11.5 Å². The van der Waals surface area contributed by atoms with Crippen LogP contribution in [-0.2, 0) is 0 Å². The Kier molecular flexibility index (Phi) is 2.24. The highest BCUT2D eigenvalue weighted by Crippen LogP contribution is 2.19. The van der Waals surface area contributed by atoms with Crippen molar-refractivity contribution in [1.29, 1.82) is 0 Å². The Hall–Kier alpha value is -2.11. The van der Waals surface area contributed by atoms with Gasteiger partial charge < -0.3 is 5.73 Å². The summed E-state index contributed by atoms with van der Waals surface area (Å²) in [7, 11) is 0. The number of nitrogen functional groups attached to an aromatic ring is 1. The van der Waals surface area contributed by atoms with E-state index in [-0.39, 0.29) is 17.2 Å². The molecule has 0 saturated carbocycles. The maximum atomic E-state index is 13.3. The van der Waals surface area contributed by atoms with Crippen molar-refractivity contribution in [3.63, 3.8) is 0 Å². The highest BCUT2D eigenvalue weighted by molar-refractivity contribution is 5.59. The number of nitrogens with two attached hydrogens (primary N) is 1. The number of aromatic nitrogens is 3. The van der Waals surface area contributed by atoms with E-state index in [9.17, 15) is 8.78 Å². The van der Waals surface area contributed by atoms with Crippen molar-refractivity contribution >= 4 is 5.95 Å². The number of nitrogens with zero attached hydrogens (tertiary/aromatic N) is 3. The minimum absolute atomic E-state index is 0.0606. The van der Waals surface area contributed by atoms with Gasteiger partial charge in [-0.15, -0.1) is 0 Å². The summed E-state index contributed by atoms with van der Waals surface area (Å²) in [5.74, 6) is -1.31. The number of rotatable bonds is 1. The van der Waals surface area contributed by atoms with E-state index in [1.165, 1.54) is 6.20 Å². The fourth-order valence-corrected chi connectivity index (χ4v) is 1.12. The molecule has 4 nitrogen and oxygen atoms in total. The summed E-state index contributed by atoms with van der Waals surface area (Å²) >= 11 is 0. The minimum atomic E-state index is -0.670. The van der Waals surface area contributed by atoms with Crippen LogP contribution in [0.15, 0.2) is 24.7 Å². The Morgan fingerprint density at radius 2 is 1.93 bits per heavy atom. The van der Waals surface area contributed by atoms with Gasteiger partial charge in [-0.2, -0.15) is 0 Å². The van der Waals surface area contributed by atoms with Crippen molar-refractivity contribution in [3.05, 3.63) is 36.3 Å². The topological polar surface area (TPSA) is 64.7 Å². The van der Waals surface area contributed by atoms with Crippen molar-refractivity contribution in [2.75, 3.05) is 5.73 Å². The largest absolute Gasteiger partial charge is 0.368 e. The summed E-state index contributed by atoms with van der Waals surface area (Å²) in [5.41, 5.74) is 5.46. The molecule has 2 rings (SSSR count). The van der Waals surface area contributed by atoms with Crippen LogP contribution < -0.4 is 5.73 Å². The van der Waals surface area contributed by atoms with E-state index >= 15 is 0 Å². The zero-order valence-electron chi connectivity index (χ0n) is 7.48. The highest BCUT2D eigenvalue weighted by Gasteiger charge is 2.09. The molecule has 2 aromatic rings. The van der Waals surface area contributed by atoms with Gasteiger partial charge in [-0.25, -0.2) is 18.7 Å². The molecule has 15 heavy (non-hydrogen) atoms. The number of pyridine rings is 1. The van der Waals surface area contributed by atoms with Crippen LogP contribution in [0, 0.1) is 11.6 Å². The second-order valence-corrected chi connectivity index (χ2v) is 2.82. The van der Waals surface area contributed by atoms with Gasteiger partial charge in [-0.05, 0) is 6.07 Å². The van der Waals surface area contributed by atoms with E-state index < -0.39 is 11.6 Å². The Morgan fingerprint density at radius 1 is 1.13 bits per heavy atom. The molecule has 0 radical (unpaired) electrons. The lowest BCUT2D eigenvalue weighted by atomic mass is 10.2. The van der Waals surface area contributed by atoms with Crippen LogP contribution in [0.2, 0.25) is 0 Å². The fourth-order valence-electron chi connectivity index (χ4n) is 1.12. The maximum Gasteiger partial charge on any atom is 0.220 e. The molecule has 0 bridgehead atoms. The Labute approximate surface area is 83.8 Å². The zero-order chi connectivity index (χ0) is 10.8. The smallest absolute Gasteiger partial charge is 0.220 e. The molecule has 0 fully saturated rings. The van der Waals surface area contributed by atoms with E-state index in [4.69, 9.17) is 5.73 Å². The lowest BCUT2D eigenvalue weighted by molar-refractivity contribution is 0.614. The molecule has 0 aliphatic rings. The quantitative estimate of drug-likeness (QED) is 0.769. The van der Waals surface area contributed by atoms with E-state index in [0.717, 1.165) is 18.5 Å². The molecule has 6 heteroatoms. The molecule has 0 unspecified atom stereocenters. The third kappa shape index (κ3) is 1.88. The summed E-state index contributed by atoms with van der Waals surface area (Å²) in [6.45, 7) is 0. The van der Waals surface area contributed by atoms with Gasteiger partial charge in [-0.3, -0.25) is 4.98 Å². The van der Waals surface area contributed by atoms with Crippen LogP contribution in [-0.4, -0.2) is 15.0 Å².